The highest BCUT2D eigenvalue weighted by molar-refractivity contribution is 5.16. The van der Waals surface area contributed by atoms with Crippen molar-refractivity contribution in [1.82, 2.24) is 0 Å². The van der Waals surface area contributed by atoms with E-state index in [1.54, 1.807) is 0 Å². The molecule has 0 unspecified atom stereocenters. The van der Waals surface area contributed by atoms with E-state index in [0.29, 0.717) is 49.0 Å². The van der Waals surface area contributed by atoms with Crippen molar-refractivity contribution in [3.8, 4) is 0 Å². The summed E-state index contributed by atoms with van der Waals surface area (Å²) in [5.41, 5.74) is -0.215. The third-order valence-electron chi connectivity index (χ3n) is 26.0. The van der Waals surface area contributed by atoms with Crippen molar-refractivity contribution in [2.24, 2.45) is 52.3 Å². The van der Waals surface area contributed by atoms with E-state index in [0.717, 1.165) is 44.9 Å². The zero-order chi connectivity index (χ0) is 74.7. The Balaban J connectivity index is 0.718. The molecule has 0 amide bonds. The number of hydrogen-bond donors (Lipinski definition) is 21. The minimum absolute atomic E-state index is 0.0632. The van der Waals surface area contributed by atoms with E-state index in [9.17, 15) is 107 Å². The van der Waals surface area contributed by atoms with Crippen molar-refractivity contribution in [3.63, 3.8) is 0 Å². The number of hydrogen-bond acceptors (Lipinski definition) is 37. The van der Waals surface area contributed by atoms with Crippen LogP contribution in [0.1, 0.15) is 85.5 Å². The molecule has 0 aromatic heterocycles. The zero-order valence-electron chi connectivity index (χ0n) is 58.3. The summed E-state index contributed by atoms with van der Waals surface area (Å²) in [5, 5.41) is 234. The van der Waals surface area contributed by atoms with Gasteiger partial charge in [-0.1, -0.05) is 27.7 Å². The maximum absolute atomic E-state index is 12.3. The topological polar surface area (TPSA) is 573 Å². The Morgan fingerprint density at radius 1 is 0.385 bits per heavy atom. The Labute approximate surface area is 598 Å². The minimum atomic E-state index is -2.39. The molecule has 4 aliphatic carbocycles. The summed E-state index contributed by atoms with van der Waals surface area (Å²) >= 11 is 0. The Morgan fingerprint density at radius 2 is 0.885 bits per heavy atom. The Morgan fingerprint density at radius 3 is 1.52 bits per heavy atom. The highest BCUT2D eigenvalue weighted by Crippen LogP contribution is 2.71. The molecule has 0 aromatic rings. The molecule has 0 bridgehead atoms. The monoisotopic (exact) mass is 1510 g/mol. The second kappa shape index (κ2) is 32.2. The van der Waals surface area contributed by atoms with Crippen LogP contribution in [0.15, 0.2) is 0 Å². The molecule has 9 aliphatic heterocycles. The molecule has 37 heteroatoms. The van der Waals surface area contributed by atoms with Crippen LogP contribution in [0.2, 0.25) is 0 Å². The first-order valence-corrected chi connectivity index (χ1v) is 36.8. The van der Waals surface area contributed by atoms with E-state index in [1.807, 2.05) is 0 Å². The molecule has 0 radical (unpaired) electrons. The van der Waals surface area contributed by atoms with Gasteiger partial charge in [-0.2, -0.15) is 0 Å². The van der Waals surface area contributed by atoms with Crippen molar-refractivity contribution in [2.75, 3.05) is 52.9 Å². The van der Waals surface area contributed by atoms with Crippen molar-refractivity contribution < 1.29 is 183 Å². The second-order valence-electron chi connectivity index (χ2n) is 32.0. The predicted molar refractivity (Wildman–Crippen MR) is 336 cm³/mol. The highest BCUT2D eigenvalue weighted by atomic mass is 16.8. The average molecular weight is 1510 g/mol. The summed E-state index contributed by atoms with van der Waals surface area (Å²) < 4.78 is 96.7. The maximum atomic E-state index is 12.3. The summed E-state index contributed by atoms with van der Waals surface area (Å²) in [6.07, 6.45) is -59.4. The number of aliphatic hydroxyl groups is 21. The van der Waals surface area contributed by atoms with Crippen molar-refractivity contribution >= 4 is 0 Å². The fourth-order valence-electron chi connectivity index (χ4n) is 20.1. The van der Waals surface area contributed by atoms with Gasteiger partial charge in [0.2, 0.25) is 0 Å². The second-order valence-corrected chi connectivity index (χ2v) is 32.0. The van der Waals surface area contributed by atoms with E-state index in [2.05, 4.69) is 27.7 Å². The summed E-state index contributed by atoms with van der Waals surface area (Å²) in [5.74, 6) is 1.81. The number of fused-ring (bicyclic) bond motifs is 7. The van der Waals surface area contributed by atoms with Crippen LogP contribution in [-0.2, 0) is 75.8 Å². The van der Waals surface area contributed by atoms with Crippen LogP contribution in [-0.4, -0.2) is 387 Å². The van der Waals surface area contributed by atoms with E-state index in [1.165, 1.54) is 0 Å². The van der Waals surface area contributed by atoms with Crippen molar-refractivity contribution in [2.45, 2.75) is 312 Å². The first-order valence-electron chi connectivity index (χ1n) is 36.8. The number of ether oxygens (including phenoxy) is 16. The van der Waals surface area contributed by atoms with Gasteiger partial charge < -0.3 is 183 Å². The smallest absolute Gasteiger partial charge is 0.187 e. The molecule has 37 nitrogen and oxygen atoms in total. The Kier molecular flexibility index (Phi) is 24.9. The molecule has 600 valence electrons. The normalized spacial score (nSPS) is 57.0. The highest BCUT2D eigenvalue weighted by Gasteiger charge is 2.70. The summed E-state index contributed by atoms with van der Waals surface area (Å²) in [4.78, 5) is 0. The van der Waals surface area contributed by atoms with Crippen LogP contribution in [0.25, 0.3) is 0 Å². The fraction of sp³-hybridized carbons (Fsp3) is 1.00. The standard InChI is InChI=1S/C67H110O37/c1-22-7-10-67(91-19-22)23(2)38-31(104-67)12-27-25-6-5-24-11-30(28(73)13-66(24,4)26(25)8-9-65(27,38)3)92-60-50(86)46(82)53(36(18-72)97-60)99-64-57(103-61-49(85)45(81)40(76)32(14-68)94-61)56(43(79)35(17-71)96-64)102-62-51(87)54(42(78)34(16-70)95-62)101-63-52(88)55(100-59-47(83)39(75)29(74)20-89-59)44(80)37(98-63)21-90-58-48(84)41(77)33(15-69)93-58/h22-64,68-88H,5-21H2,1-4H3/t22-,23-,24-,25+,26-,27-,28+,29+,30+,31-,32+,33-,34+,35+,36+,37+,38-,39-,40-,41-,42+,43+,44+,45-,46+,47+,48+,49+,50+,51+,52+,53-,54-,55-,56-,57+,58+,59-,60+,61-,62-,63-,64-,65-,66-,67+/m0/s1. The molecule has 9 heterocycles. The lowest BCUT2D eigenvalue weighted by Crippen LogP contribution is -2.69. The molecule has 1 spiro atoms. The van der Waals surface area contributed by atoms with Gasteiger partial charge in [-0.05, 0) is 97.7 Å². The summed E-state index contributed by atoms with van der Waals surface area (Å²) in [6.45, 7) is 3.58. The van der Waals surface area contributed by atoms with Gasteiger partial charge in [0.15, 0.2) is 49.8 Å². The third-order valence-corrected chi connectivity index (χ3v) is 26.0. The van der Waals surface area contributed by atoms with Gasteiger partial charge in [0, 0.05) is 12.3 Å². The van der Waals surface area contributed by atoms with Crippen molar-refractivity contribution in [1.29, 1.82) is 0 Å². The molecular weight excluding hydrogens is 1400 g/mol. The lowest BCUT2D eigenvalue weighted by Gasteiger charge is -2.62. The van der Waals surface area contributed by atoms with Gasteiger partial charge >= 0.3 is 0 Å². The lowest BCUT2D eigenvalue weighted by atomic mass is 9.44. The molecule has 13 rings (SSSR count). The zero-order valence-corrected chi connectivity index (χ0v) is 58.3. The molecule has 0 aromatic carbocycles. The first-order chi connectivity index (χ1) is 49.4. The molecule has 104 heavy (non-hydrogen) atoms. The summed E-state index contributed by atoms with van der Waals surface area (Å²) in [6, 6.07) is 0. The minimum Gasteiger partial charge on any atom is -0.394 e. The molecule has 13 aliphatic rings. The van der Waals surface area contributed by atoms with E-state index < -0.39 is 267 Å². The number of rotatable bonds is 20. The van der Waals surface area contributed by atoms with Gasteiger partial charge in [0.25, 0.3) is 0 Å². The average Bonchev–Trinajstić information content (AvgIpc) is 1.50. The van der Waals surface area contributed by atoms with E-state index in [-0.39, 0.29) is 28.8 Å². The molecule has 13 fully saturated rings. The fourth-order valence-corrected chi connectivity index (χ4v) is 20.1. The van der Waals surface area contributed by atoms with Gasteiger partial charge in [-0.3, -0.25) is 0 Å². The Hall–Kier alpha value is -1.48. The maximum Gasteiger partial charge on any atom is 0.187 e. The van der Waals surface area contributed by atoms with Gasteiger partial charge in [0.05, 0.1) is 71.2 Å². The van der Waals surface area contributed by atoms with Crippen LogP contribution in [0, 0.1) is 52.3 Å². The molecule has 4 saturated carbocycles. The number of aliphatic hydroxyl groups excluding tert-OH is 21. The van der Waals surface area contributed by atoms with Crippen LogP contribution in [0.5, 0.6) is 0 Å². The van der Waals surface area contributed by atoms with Crippen LogP contribution in [0.3, 0.4) is 0 Å². The van der Waals surface area contributed by atoms with Gasteiger partial charge in [-0.15, -0.1) is 0 Å². The van der Waals surface area contributed by atoms with E-state index in [4.69, 9.17) is 75.8 Å². The van der Waals surface area contributed by atoms with Crippen LogP contribution < -0.4 is 0 Å². The van der Waals surface area contributed by atoms with Crippen LogP contribution in [0.4, 0.5) is 0 Å². The van der Waals surface area contributed by atoms with Crippen LogP contribution >= 0.6 is 0 Å². The van der Waals surface area contributed by atoms with E-state index >= 15 is 0 Å². The van der Waals surface area contributed by atoms with Gasteiger partial charge in [0.1, 0.15) is 159 Å². The first kappa shape index (κ1) is 80.6. The SMILES string of the molecule is C[C@H]1CC[C@@]2(OC1)O[C@H]1C[C@H]3[C@@H]4CC[C@H]5C[C@@H](O[C@@H]6O[C@H](CO)[C@H](O[C@@H]7O[C@H](CO)[C@@H](O)[C@H](O[C@@H]8O[C@H](CO)[C@@H](O)[C@H](O[C@@H]9O[C@H](CO[C@@H]%10O[C@@H](CO)[C@H](O)[C@H]%10O)[C@@H](O)[C@H](O[C@@H]%10OC[C@@H](O)[C@H](O)[C@H]%10O)[C@H]9O)[C@H]8O)[C@H]7O[C@@H]7O[C@H](CO)[C@H](O)[C@H](O)[C@H]7O)[C@H](O)[C@H]6O)[C@H](O)C[C@]5(C)[C@H]4CC[C@]3(C)[C@H]1[C@@H]2C. The molecular formula is C67H110O37. The Bertz CT molecular complexity index is 2780. The quantitative estimate of drug-likeness (QED) is 0.0503. The molecule has 9 saturated heterocycles. The predicted octanol–water partition coefficient (Wildman–Crippen LogP) is -9.19. The summed E-state index contributed by atoms with van der Waals surface area (Å²) in [7, 11) is 0. The van der Waals surface area contributed by atoms with Gasteiger partial charge in [-0.25, -0.2) is 0 Å². The molecule has 46 atom stereocenters. The third kappa shape index (κ3) is 14.6. The molecule has 21 N–H and O–H groups in total. The lowest BCUT2D eigenvalue weighted by molar-refractivity contribution is -0.412. The van der Waals surface area contributed by atoms with Crippen molar-refractivity contribution in [3.05, 3.63) is 0 Å². The largest absolute Gasteiger partial charge is 0.394 e.